The Kier molecular flexibility index (Phi) is 5.09. The normalized spacial score (nSPS) is 19.3. The molecule has 1 atom stereocenters. The first-order chi connectivity index (χ1) is 10.7. The molecule has 1 saturated heterocycles. The van der Waals surface area contributed by atoms with Gasteiger partial charge in [-0.2, -0.15) is 0 Å². The van der Waals surface area contributed by atoms with Crippen molar-refractivity contribution in [3.8, 4) is 0 Å². The van der Waals surface area contributed by atoms with Crippen molar-refractivity contribution in [2.75, 3.05) is 23.4 Å². The van der Waals surface area contributed by atoms with Gasteiger partial charge in [-0.1, -0.05) is 12.1 Å². The number of carbonyl (C=O) groups excluding carboxylic acids is 2. The van der Waals surface area contributed by atoms with E-state index in [4.69, 9.17) is 0 Å². The fourth-order valence-corrected chi connectivity index (χ4v) is 4.46. The molecule has 6 nitrogen and oxygen atoms in total. The van der Waals surface area contributed by atoms with E-state index < -0.39 is 15.9 Å². The SMILES string of the molecule is CC(=O)N(CC(=O)Nc1cc(C)ccc1C)C1CCS(=O)(=O)C1. The number of sulfone groups is 1. The molecule has 23 heavy (non-hydrogen) atoms. The summed E-state index contributed by atoms with van der Waals surface area (Å²) in [7, 11) is -3.11. The van der Waals surface area contributed by atoms with E-state index in [2.05, 4.69) is 5.32 Å². The predicted molar refractivity (Wildman–Crippen MR) is 89.0 cm³/mol. The van der Waals surface area contributed by atoms with Gasteiger partial charge in [0, 0.05) is 18.7 Å². The van der Waals surface area contributed by atoms with E-state index in [9.17, 15) is 18.0 Å². The van der Waals surface area contributed by atoms with Crippen molar-refractivity contribution in [2.45, 2.75) is 33.2 Å². The number of nitrogens with one attached hydrogen (secondary N) is 1. The summed E-state index contributed by atoms with van der Waals surface area (Å²) < 4.78 is 23.2. The monoisotopic (exact) mass is 338 g/mol. The van der Waals surface area contributed by atoms with Gasteiger partial charge in [0.1, 0.15) is 6.54 Å². The van der Waals surface area contributed by atoms with Crippen molar-refractivity contribution < 1.29 is 18.0 Å². The highest BCUT2D eigenvalue weighted by Crippen LogP contribution is 2.19. The number of nitrogens with zero attached hydrogens (tertiary/aromatic N) is 1. The molecule has 0 saturated carbocycles. The summed E-state index contributed by atoms with van der Waals surface area (Å²) in [4.78, 5) is 25.4. The molecule has 1 aromatic carbocycles. The van der Waals surface area contributed by atoms with Crippen LogP contribution in [0.15, 0.2) is 18.2 Å². The number of rotatable bonds is 4. The smallest absolute Gasteiger partial charge is 0.244 e. The average molecular weight is 338 g/mol. The zero-order valence-electron chi connectivity index (χ0n) is 13.6. The highest BCUT2D eigenvalue weighted by atomic mass is 32.2. The minimum atomic E-state index is -3.11. The van der Waals surface area contributed by atoms with Gasteiger partial charge >= 0.3 is 0 Å². The Morgan fingerprint density at radius 3 is 2.57 bits per heavy atom. The zero-order chi connectivity index (χ0) is 17.2. The molecule has 1 unspecified atom stereocenters. The van der Waals surface area contributed by atoms with E-state index in [0.717, 1.165) is 11.1 Å². The Hall–Kier alpha value is -1.89. The molecule has 1 heterocycles. The molecule has 1 aliphatic rings. The van der Waals surface area contributed by atoms with Gasteiger partial charge in [-0.25, -0.2) is 8.42 Å². The third kappa shape index (κ3) is 4.54. The number of hydrogen-bond donors (Lipinski definition) is 1. The van der Waals surface area contributed by atoms with Crippen molar-refractivity contribution in [1.82, 2.24) is 4.90 Å². The van der Waals surface area contributed by atoms with Crippen LogP contribution in [-0.4, -0.2) is 49.2 Å². The second kappa shape index (κ2) is 6.70. The fourth-order valence-electron chi connectivity index (χ4n) is 2.73. The number of benzene rings is 1. The summed E-state index contributed by atoms with van der Waals surface area (Å²) in [6, 6.07) is 5.32. The minimum Gasteiger partial charge on any atom is -0.330 e. The molecule has 1 fully saturated rings. The van der Waals surface area contributed by atoms with Gasteiger partial charge in [-0.15, -0.1) is 0 Å². The molecular formula is C16H22N2O4S. The lowest BCUT2D eigenvalue weighted by Crippen LogP contribution is -2.44. The van der Waals surface area contributed by atoms with Crippen LogP contribution < -0.4 is 5.32 Å². The molecule has 0 aliphatic carbocycles. The Bertz CT molecular complexity index is 728. The Morgan fingerprint density at radius 1 is 1.30 bits per heavy atom. The molecule has 1 aromatic rings. The van der Waals surface area contributed by atoms with Crippen molar-refractivity contribution in [3.63, 3.8) is 0 Å². The Labute approximate surface area is 136 Å². The predicted octanol–water partition coefficient (Wildman–Crippen LogP) is 1.28. The molecule has 0 spiro atoms. The summed E-state index contributed by atoms with van der Waals surface area (Å²) in [6.45, 7) is 5.04. The van der Waals surface area contributed by atoms with Crippen molar-refractivity contribution in [1.29, 1.82) is 0 Å². The standard InChI is InChI=1S/C16H22N2O4S/c1-11-4-5-12(2)15(8-11)17-16(20)9-18(13(3)19)14-6-7-23(21,22)10-14/h4-5,8,14H,6-7,9-10H2,1-3H3,(H,17,20). The highest BCUT2D eigenvalue weighted by molar-refractivity contribution is 7.91. The van der Waals surface area contributed by atoms with Crippen LogP contribution in [0, 0.1) is 13.8 Å². The van der Waals surface area contributed by atoms with Crippen LogP contribution in [0.25, 0.3) is 0 Å². The van der Waals surface area contributed by atoms with E-state index >= 15 is 0 Å². The van der Waals surface area contributed by atoms with Crippen LogP contribution in [0.5, 0.6) is 0 Å². The molecule has 1 aliphatic heterocycles. The minimum absolute atomic E-state index is 0.0661. The first-order valence-corrected chi connectivity index (χ1v) is 9.35. The molecule has 0 radical (unpaired) electrons. The maximum atomic E-state index is 12.3. The van der Waals surface area contributed by atoms with E-state index in [1.807, 2.05) is 32.0 Å². The summed E-state index contributed by atoms with van der Waals surface area (Å²) in [6.07, 6.45) is 0.388. The Morgan fingerprint density at radius 2 is 2.00 bits per heavy atom. The lowest BCUT2D eigenvalue weighted by molar-refractivity contribution is -0.134. The van der Waals surface area contributed by atoms with Crippen LogP contribution >= 0.6 is 0 Å². The quantitative estimate of drug-likeness (QED) is 0.896. The molecule has 7 heteroatoms. The van der Waals surface area contributed by atoms with Gasteiger partial charge in [-0.05, 0) is 37.5 Å². The lowest BCUT2D eigenvalue weighted by atomic mass is 10.1. The molecule has 2 rings (SSSR count). The third-order valence-electron chi connectivity index (χ3n) is 4.03. The molecule has 0 aromatic heterocycles. The molecule has 2 amide bonds. The maximum absolute atomic E-state index is 12.3. The van der Waals surface area contributed by atoms with Crippen molar-refractivity contribution in [3.05, 3.63) is 29.3 Å². The van der Waals surface area contributed by atoms with Crippen molar-refractivity contribution in [2.24, 2.45) is 0 Å². The van der Waals surface area contributed by atoms with Gasteiger partial charge in [-0.3, -0.25) is 9.59 Å². The van der Waals surface area contributed by atoms with Crippen LogP contribution in [0.4, 0.5) is 5.69 Å². The largest absolute Gasteiger partial charge is 0.330 e. The fraction of sp³-hybridized carbons (Fsp3) is 0.500. The number of aryl methyl sites for hydroxylation is 2. The second-order valence-corrected chi connectivity index (χ2v) is 8.30. The first kappa shape index (κ1) is 17.5. The van der Waals surface area contributed by atoms with Gasteiger partial charge < -0.3 is 10.2 Å². The van der Waals surface area contributed by atoms with E-state index in [1.165, 1.54) is 11.8 Å². The lowest BCUT2D eigenvalue weighted by Gasteiger charge is -2.26. The number of anilines is 1. The summed E-state index contributed by atoms with van der Waals surface area (Å²) >= 11 is 0. The van der Waals surface area contributed by atoms with Gasteiger partial charge in [0.25, 0.3) is 0 Å². The number of hydrogen-bond acceptors (Lipinski definition) is 4. The first-order valence-electron chi connectivity index (χ1n) is 7.53. The van der Waals surface area contributed by atoms with Gasteiger partial charge in [0.15, 0.2) is 9.84 Å². The molecule has 126 valence electrons. The van der Waals surface area contributed by atoms with Crippen LogP contribution in [0.2, 0.25) is 0 Å². The van der Waals surface area contributed by atoms with Crippen LogP contribution in [-0.2, 0) is 19.4 Å². The van der Waals surface area contributed by atoms with Crippen LogP contribution in [0.3, 0.4) is 0 Å². The van der Waals surface area contributed by atoms with Crippen LogP contribution in [0.1, 0.15) is 24.5 Å². The summed E-state index contributed by atoms with van der Waals surface area (Å²) in [5, 5.41) is 2.80. The number of amides is 2. The van der Waals surface area contributed by atoms with E-state index in [1.54, 1.807) is 0 Å². The van der Waals surface area contributed by atoms with E-state index in [-0.39, 0.29) is 29.9 Å². The third-order valence-corrected chi connectivity index (χ3v) is 5.79. The zero-order valence-corrected chi connectivity index (χ0v) is 14.4. The highest BCUT2D eigenvalue weighted by Gasteiger charge is 2.34. The summed E-state index contributed by atoms with van der Waals surface area (Å²) in [5.74, 6) is -0.606. The summed E-state index contributed by atoms with van der Waals surface area (Å²) in [5.41, 5.74) is 2.66. The molecular weight excluding hydrogens is 316 g/mol. The topological polar surface area (TPSA) is 83.6 Å². The average Bonchev–Trinajstić information content (AvgIpc) is 2.80. The number of carbonyl (C=O) groups is 2. The molecule has 0 bridgehead atoms. The van der Waals surface area contributed by atoms with Crippen molar-refractivity contribution >= 4 is 27.3 Å². The maximum Gasteiger partial charge on any atom is 0.244 e. The van der Waals surface area contributed by atoms with Gasteiger partial charge in [0.2, 0.25) is 11.8 Å². The second-order valence-electron chi connectivity index (χ2n) is 6.07. The van der Waals surface area contributed by atoms with Gasteiger partial charge in [0.05, 0.1) is 11.5 Å². The Balaban J connectivity index is 2.07. The molecule has 1 N–H and O–H groups in total. The van der Waals surface area contributed by atoms with E-state index in [0.29, 0.717) is 12.1 Å².